The van der Waals surface area contributed by atoms with E-state index in [1.54, 1.807) is 27.7 Å². The van der Waals surface area contributed by atoms with Gasteiger partial charge in [0.25, 0.3) is 0 Å². The fraction of sp³-hybridized carbons (Fsp3) is 0.310. The third-order valence-electron chi connectivity index (χ3n) is 5.27. The average Bonchev–Trinajstić information content (AvgIpc) is 2.87. The van der Waals surface area contributed by atoms with E-state index >= 15 is 0 Å². The maximum absolute atomic E-state index is 9.10. The second kappa shape index (κ2) is 20.8. The Morgan fingerprint density at radius 2 is 1.00 bits per heavy atom. The second-order valence-electron chi connectivity index (χ2n) is 8.51. The lowest BCUT2D eigenvalue weighted by Crippen LogP contribution is -2.07. The smallest absolute Gasteiger partial charge is 0.221 e. The summed E-state index contributed by atoms with van der Waals surface area (Å²) < 4.78 is 7.96. The summed E-state index contributed by atoms with van der Waals surface area (Å²) in [5, 5.41) is 10.4. The molecule has 232 valence electrons. The minimum absolute atomic E-state index is 0. The molecule has 4 aromatic rings. The van der Waals surface area contributed by atoms with Gasteiger partial charge in [0.05, 0.1) is 6.10 Å². The molecule has 0 amide bonds. The molecule has 6 nitrogen and oxygen atoms in total. The summed E-state index contributed by atoms with van der Waals surface area (Å²) in [6, 6.07) is 15.6. The standard InChI is InChI=1S/C14H14BrClN2O.C8H9BrO.C6H6Cl2N2.CH4.2H2S/c1-8-13(16)17-10(3)18-14(8)19-9(2)11-4-6-12(15)7-5-11;1-6(10)7-2-4-8(9)5-3-7;1-3-5(7)9-4(2)10-6(3)8;;;/h4-7,9H,1-3H3;2-6,10H,1H3;1-2H3;1H4;2*1H2/t9-;6-;;;;/m00..../s1. The molecule has 0 spiro atoms. The quantitative estimate of drug-likeness (QED) is 0.207. The van der Waals surface area contributed by atoms with Crippen LogP contribution >= 0.6 is 93.7 Å². The number of nitrogens with zero attached hydrogens (tertiary/aromatic N) is 4. The Kier molecular flexibility index (Phi) is 21.3. The van der Waals surface area contributed by atoms with E-state index in [9.17, 15) is 0 Å². The molecule has 0 aliphatic rings. The molecule has 13 heteroatoms. The van der Waals surface area contributed by atoms with E-state index in [0.29, 0.717) is 33.0 Å². The monoisotopic (exact) mass is 800 g/mol. The summed E-state index contributed by atoms with van der Waals surface area (Å²) in [5.74, 6) is 1.74. The molecule has 0 bridgehead atoms. The van der Waals surface area contributed by atoms with Crippen LogP contribution in [-0.4, -0.2) is 25.0 Å². The summed E-state index contributed by atoms with van der Waals surface area (Å²) in [6.45, 7) is 10.9. The molecule has 0 aliphatic heterocycles. The van der Waals surface area contributed by atoms with E-state index in [0.717, 1.165) is 31.2 Å². The van der Waals surface area contributed by atoms with Crippen LogP contribution in [0.15, 0.2) is 57.5 Å². The largest absolute Gasteiger partial charge is 0.469 e. The van der Waals surface area contributed by atoms with Gasteiger partial charge in [0.2, 0.25) is 5.88 Å². The Balaban J connectivity index is 0. The first-order valence-corrected chi connectivity index (χ1v) is 14.5. The molecule has 0 fully saturated rings. The van der Waals surface area contributed by atoms with E-state index < -0.39 is 0 Å². The lowest BCUT2D eigenvalue weighted by Gasteiger charge is -2.16. The molecular weight excluding hydrogens is 767 g/mol. The number of rotatable bonds is 4. The SMILES string of the molecule is C.C[C@H](O)c1ccc(Br)cc1.Cc1nc(Cl)c(C)c(Cl)n1.Cc1nc(Cl)c(C)c(O[C@@H](C)c2ccc(Br)cc2)n1.S.S. The molecule has 42 heavy (non-hydrogen) atoms. The van der Waals surface area contributed by atoms with Gasteiger partial charge in [0.1, 0.15) is 33.2 Å². The zero-order valence-electron chi connectivity index (χ0n) is 23.3. The molecule has 0 saturated carbocycles. The molecule has 2 heterocycles. The van der Waals surface area contributed by atoms with Crippen LogP contribution in [-0.2, 0) is 0 Å². The predicted octanol–water partition coefficient (Wildman–Crippen LogP) is 10.4. The Morgan fingerprint density at radius 3 is 1.40 bits per heavy atom. The highest BCUT2D eigenvalue weighted by Crippen LogP contribution is 2.27. The summed E-state index contributed by atoms with van der Waals surface area (Å²) in [4.78, 5) is 16.2. The van der Waals surface area contributed by atoms with Gasteiger partial charge >= 0.3 is 0 Å². The Morgan fingerprint density at radius 1 is 0.643 bits per heavy atom. The van der Waals surface area contributed by atoms with E-state index in [2.05, 4.69) is 51.8 Å². The molecule has 4 rings (SSSR count). The van der Waals surface area contributed by atoms with Crippen LogP contribution < -0.4 is 4.74 Å². The maximum Gasteiger partial charge on any atom is 0.221 e. The van der Waals surface area contributed by atoms with Gasteiger partial charge in [-0.25, -0.2) is 15.0 Å². The number of benzene rings is 2. The van der Waals surface area contributed by atoms with Crippen molar-refractivity contribution in [3.63, 3.8) is 0 Å². The van der Waals surface area contributed by atoms with Crippen molar-refractivity contribution in [1.82, 2.24) is 19.9 Å². The maximum atomic E-state index is 9.10. The molecule has 2 aromatic heterocycles. The third kappa shape index (κ3) is 14.1. The zero-order valence-corrected chi connectivity index (χ0v) is 30.7. The molecule has 0 saturated heterocycles. The second-order valence-corrected chi connectivity index (χ2v) is 11.4. The molecule has 2 atom stereocenters. The molecule has 2 aromatic carbocycles. The number of hydrogen-bond acceptors (Lipinski definition) is 6. The van der Waals surface area contributed by atoms with Crippen LogP contribution in [0.5, 0.6) is 5.88 Å². The van der Waals surface area contributed by atoms with Gasteiger partial charge in [-0.05, 0) is 76.9 Å². The highest BCUT2D eigenvalue weighted by atomic mass is 79.9. The van der Waals surface area contributed by atoms with Crippen LogP contribution in [0.3, 0.4) is 0 Å². The summed E-state index contributed by atoms with van der Waals surface area (Å²) in [5.41, 5.74) is 3.52. The first-order chi connectivity index (χ1) is 18.3. The van der Waals surface area contributed by atoms with Crippen LogP contribution in [0.1, 0.15) is 67.4 Å². The minimum atomic E-state index is -0.368. The van der Waals surface area contributed by atoms with Gasteiger partial charge < -0.3 is 9.84 Å². The van der Waals surface area contributed by atoms with Crippen molar-refractivity contribution in [2.45, 2.75) is 61.2 Å². The van der Waals surface area contributed by atoms with Gasteiger partial charge in [0.15, 0.2) is 0 Å². The summed E-state index contributed by atoms with van der Waals surface area (Å²) in [7, 11) is 0. The van der Waals surface area contributed by atoms with Crippen molar-refractivity contribution >= 4 is 93.7 Å². The number of hydrogen-bond donors (Lipinski definition) is 1. The minimum Gasteiger partial charge on any atom is -0.469 e. The normalized spacial score (nSPS) is 11.0. The van der Waals surface area contributed by atoms with Crippen molar-refractivity contribution in [3.05, 3.63) is 107 Å². The molecular formula is C29H37Br2Cl3N4O2S2. The molecule has 1 N–H and O–H groups in total. The fourth-order valence-corrected chi connectivity index (χ4v) is 4.16. The van der Waals surface area contributed by atoms with Crippen LogP contribution in [0.2, 0.25) is 15.5 Å². The topological polar surface area (TPSA) is 81.0 Å². The lowest BCUT2D eigenvalue weighted by molar-refractivity contribution is 0.199. The Labute approximate surface area is 295 Å². The van der Waals surface area contributed by atoms with E-state index in [4.69, 9.17) is 44.6 Å². The average molecular weight is 804 g/mol. The molecule has 0 radical (unpaired) electrons. The van der Waals surface area contributed by atoms with Crippen molar-refractivity contribution in [2.24, 2.45) is 0 Å². The van der Waals surface area contributed by atoms with Crippen LogP contribution in [0, 0.1) is 27.7 Å². The number of aryl methyl sites for hydroxylation is 2. The van der Waals surface area contributed by atoms with E-state index in [1.165, 1.54) is 0 Å². The highest BCUT2D eigenvalue weighted by molar-refractivity contribution is 9.10. The number of aliphatic hydroxyl groups is 1. The van der Waals surface area contributed by atoms with Gasteiger partial charge in [0, 0.05) is 20.1 Å². The lowest BCUT2D eigenvalue weighted by atomic mass is 10.1. The van der Waals surface area contributed by atoms with Crippen LogP contribution in [0.25, 0.3) is 0 Å². The van der Waals surface area contributed by atoms with E-state index in [-0.39, 0.29) is 46.6 Å². The number of ether oxygens (including phenoxy) is 1. The molecule has 0 unspecified atom stereocenters. The molecule has 0 aliphatic carbocycles. The third-order valence-corrected chi connectivity index (χ3v) is 7.43. The Bertz CT molecular complexity index is 1360. The first kappa shape index (κ1) is 43.0. The predicted molar refractivity (Wildman–Crippen MR) is 193 cm³/mol. The zero-order chi connectivity index (χ0) is 29.3. The van der Waals surface area contributed by atoms with Gasteiger partial charge in [-0.1, -0.05) is 98.4 Å². The fourth-order valence-electron chi connectivity index (χ4n) is 2.96. The number of aromatic nitrogens is 4. The van der Waals surface area contributed by atoms with Crippen molar-refractivity contribution in [3.8, 4) is 5.88 Å². The van der Waals surface area contributed by atoms with Crippen molar-refractivity contribution in [2.75, 3.05) is 0 Å². The van der Waals surface area contributed by atoms with Crippen molar-refractivity contribution < 1.29 is 9.84 Å². The summed E-state index contributed by atoms with van der Waals surface area (Å²) in [6.07, 6.45) is -0.467. The highest BCUT2D eigenvalue weighted by Gasteiger charge is 2.13. The van der Waals surface area contributed by atoms with Gasteiger partial charge in [-0.3, -0.25) is 0 Å². The van der Waals surface area contributed by atoms with Gasteiger partial charge in [-0.15, -0.1) is 0 Å². The number of aliphatic hydroxyl groups excluding tert-OH is 1. The summed E-state index contributed by atoms with van der Waals surface area (Å²) >= 11 is 24.1. The number of halogens is 5. The van der Waals surface area contributed by atoms with Crippen LogP contribution in [0.4, 0.5) is 0 Å². The van der Waals surface area contributed by atoms with E-state index in [1.807, 2.05) is 62.4 Å². The van der Waals surface area contributed by atoms with Crippen molar-refractivity contribution in [1.29, 1.82) is 0 Å². The first-order valence-electron chi connectivity index (χ1n) is 11.8. The Hall–Kier alpha value is -1.11. The van der Waals surface area contributed by atoms with Gasteiger partial charge in [-0.2, -0.15) is 32.0 Å².